The maximum Gasteiger partial charge on any atom is 0.170 e. The van der Waals surface area contributed by atoms with Gasteiger partial charge in [-0.3, -0.25) is 9.59 Å². The Morgan fingerprint density at radius 3 is 1.92 bits per heavy atom. The van der Waals surface area contributed by atoms with Gasteiger partial charge in [-0.25, -0.2) is 0 Å². The quantitative estimate of drug-likeness (QED) is 0.449. The highest BCUT2D eigenvalue weighted by Crippen LogP contribution is 2.43. The molecule has 0 heterocycles. The highest BCUT2D eigenvalue weighted by molar-refractivity contribution is 6.08. The molecule has 1 rings (SSSR count). The SMILES string of the molecule is C=C(C)C(O)Cc1c(O)c(C(C)=O)c(O)c(C(=O)CC(C)C)c1O. The van der Waals surface area contributed by atoms with Gasteiger partial charge >= 0.3 is 0 Å². The van der Waals surface area contributed by atoms with Crippen molar-refractivity contribution in [2.75, 3.05) is 0 Å². The molecule has 0 saturated carbocycles. The van der Waals surface area contributed by atoms with Crippen LogP contribution in [0.2, 0.25) is 0 Å². The molecule has 132 valence electrons. The number of hydrogen-bond acceptors (Lipinski definition) is 6. The number of carbonyl (C=O) groups is 2. The fourth-order valence-electron chi connectivity index (χ4n) is 2.39. The summed E-state index contributed by atoms with van der Waals surface area (Å²) in [7, 11) is 0. The Bertz CT molecular complexity index is 687. The molecule has 0 aliphatic carbocycles. The lowest BCUT2D eigenvalue weighted by atomic mass is 9.90. The summed E-state index contributed by atoms with van der Waals surface area (Å²) >= 11 is 0. The zero-order chi connectivity index (χ0) is 18.8. The van der Waals surface area contributed by atoms with Crippen molar-refractivity contribution in [1.29, 1.82) is 0 Å². The number of Topliss-reactive ketones (excluding diaryl/α,β-unsaturated/α-hetero) is 2. The smallest absolute Gasteiger partial charge is 0.170 e. The first-order chi connectivity index (χ1) is 11.0. The number of benzene rings is 1. The van der Waals surface area contributed by atoms with E-state index >= 15 is 0 Å². The predicted octanol–water partition coefficient (Wildman–Crippen LogP) is 2.71. The first-order valence-electron chi connectivity index (χ1n) is 7.66. The second-order valence-corrected chi connectivity index (χ2v) is 6.42. The molecule has 0 radical (unpaired) electrons. The first kappa shape index (κ1) is 19.7. The number of hydrogen-bond donors (Lipinski definition) is 4. The van der Waals surface area contributed by atoms with Gasteiger partial charge in [0.2, 0.25) is 0 Å². The third-order valence-corrected chi connectivity index (χ3v) is 3.71. The minimum Gasteiger partial charge on any atom is -0.507 e. The Kier molecular flexibility index (Phi) is 6.15. The van der Waals surface area contributed by atoms with E-state index in [2.05, 4.69) is 6.58 Å². The molecule has 1 atom stereocenters. The lowest BCUT2D eigenvalue weighted by Gasteiger charge is -2.19. The minimum atomic E-state index is -1.08. The van der Waals surface area contributed by atoms with Crippen molar-refractivity contribution in [3.8, 4) is 17.2 Å². The fraction of sp³-hybridized carbons (Fsp3) is 0.444. The highest BCUT2D eigenvalue weighted by Gasteiger charge is 2.30. The van der Waals surface area contributed by atoms with Crippen LogP contribution in [0, 0.1) is 5.92 Å². The van der Waals surface area contributed by atoms with Gasteiger partial charge in [-0.1, -0.05) is 26.0 Å². The Labute approximate surface area is 141 Å². The molecule has 0 aromatic heterocycles. The molecule has 6 heteroatoms. The zero-order valence-electron chi connectivity index (χ0n) is 14.4. The van der Waals surface area contributed by atoms with Crippen molar-refractivity contribution in [1.82, 2.24) is 0 Å². The van der Waals surface area contributed by atoms with Crippen LogP contribution in [0.5, 0.6) is 17.2 Å². The summed E-state index contributed by atoms with van der Waals surface area (Å²) in [5, 5.41) is 40.8. The average Bonchev–Trinajstić information content (AvgIpc) is 2.41. The Morgan fingerprint density at radius 2 is 1.50 bits per heavy atom. The summed E-state index contributed by atoms with van der Waals surface area (Å²) < 4.78 is 0. The van der Waals surface area contributed by atoms with E-state index in [9.17, 15) is 30.0 Å². The summed E-state index contributed by atoms with van der Waals surface area (Å²) in [6, 6.07) is 0. The van der Waals surface area contributed by atoms with Crippen molar-refractivity contribution in [2.24, 2.45) is 5.92 Å². The number of phenols is 3. The van der Waals surface area contributed by atoms with Crippen LogP contribution < -0.4 is 0 Å². The van der Waals surface area contributed by atoms with E-state index in [0.717, 1.165) is 6.92 Å². The molecular weight excluding hydrogens is 312 g/mol. The third-order valence-electron chi connectivity index (χ3n) is 3.71. The number of phenolic OH excluding ortho intramolecular Hbond substituents is 3. The molecule has 0 spiro atoms. The van der Waals surface area contributed by atoms with Gasteiger partial charge in [0.25, 0.3) is 0 Å². The molecule has 6 nitrogen and oxygen atoms in total. The number of ketones is 2. The van der Waals surface area contributed by atoms with E-state index in [0.29, 0.717) is 5.57 Å². The van der Waals surface area contributed by atoms with Gasteiger partial charge < -0.3 is 20.4 Å². The maximum atomic E-state index is 12.4. The molecule has 0 fully saturated rings. The second-order valence-electron chi connectivity index (χ2n) is 6.42. The number of aliphatic hydroxyl groups excluding tert-OH is 1. The average molecular weight is 336 g/mol. The van der Waals surface area contributed by atoms with Crippen molar-refractivity contribution >= 4 is 11.6 Å². The van der Waals surface area contributed by atoms with Crippen LogP contribution in [0.25, 0.3) is 0 Å². The van der Waals surface area contributed by atoms with Crippen LogP contribution in [0.3, 0.4) is 0 Å². The second kappa shape index (κ2) is 7.49. The molecule has 4 N–H and O–H groups in total. The van der Waals surface area contributed by atoms with Crippen LogP contribution in [-0.4, -0.2) is 38.1 Å². The fourth-order valence-corrected chi connectivity index (χ4v) is 2.39. The minimum absolute atomic E-state index is 0.0321. The van der Waals surface area contributed by atoms with Crippen LogP contribution in [0.15, 0.2) is 12.2 Å². The van der Waals surface area contributed by atoms with Gasteiger partial charge in [-0.05, 0) is 19.8 Å². The zero-order valence-corrected chi connectivity index (χ0v) is 14.4. The Balaban J connectivity index is 3.65. The summed E-state index contributed by atoms with van der Waals surface area (Å²) in [5.41, 5.74) is -0.624. The van der Waals surface area contributed by atoms with Gasteiger partial charge in [0.1, 0.15) is 28.4 Å². The standard InChI is InChI=1S/C18H24O6/c1-8(2)6-13(21)15-17(23)11(7-12(20)9(3)4)16(22)14(10(5)19)18(15)24/h8,12,20,22-24H,3,6-7H2,1-2,4-5H3. The summed E-state index contributed by atoms with van der Waals surface area (Å²) in [4.78, 5) is 24.1. The lowest BCUT2D eigenvalue weighted by Crippen LogP contribution is -2.14. The van der Waals surface area contributed by atoms with Crippen molar-refractivity contribution < 1.29 is 30.0 Å². The van der Waals surface area contributed by atoms with Gasteiger partial charge in [0.05, 0.1) is 6.10 Å². The van der Waals surface area contributed by atoms with Crippen LogP contribution >= 0.6 is 0 Å². The molecule has 0 saturated heterocycles. The van der Waals surface area contributed by atoms with Crippen molar-refractivity contribution in [2.45, 2.75) is 46.6 Å². The maximum absolute atomic E-state index is 12.4. The topological polar surface area (TPSA) is 115 Å². The summed E-state index contributed by atoms with van der Waals surface area (Å²) in [6.07, 6.45) is -1.28. The van der Waals surface area contributed by atoms with E-state index in [4.69, 9.17) is 0 Å². The Morgan fingerprint density at radius 1 is 1.00 bits per heavy atom. The van der Waals surface area contributed by atoms with Crippen LogP contribution in [-0.2, 0) is 6.42 Å². The molecule has 0 aliphatic rings. The highest BCUT2D eigenvalue weighted by atomic mass is 16.3. The summed E-state index contributed by atoms with van der Waals surface area (Å²) in [5.74, 6) is -3.24. The van der Waals surface area contributed by atoms with Crippen molar-refractivity contribution in [3.05, 3.63) is 28.8 Å². The van der Waals surface area contributed by atoms with E-state index < -0.39 is 46.0 Å². The number of rotatable bonds is 7. The van der Waals surface area contributed by atoms with Crippen LogP contribution in [0.1, 0.15) is 60.4 Å². The summed E-state index contributed by atoms with van der Waals surface area (Å²) in [6.45, 7) is 9.87. The van der Waals surface area contributed by atoms with Crippen molar-refractivity contribution in [3.63, 3.8) is 0 Å². The third kappa shape index (κ3) is 3.94. The molecule has 0 bridgehead atoms. The largest absolute Gasteiger partial charge is 0.507 e. The number of carbonyl (C=O) groups excluding carboxylic acids is 2. The lowest BCUT2D eigenvalue weighted by molar-refractivity contribution is 0.0961. The van der Waals surface area contributed by atoms with Gasteiger partial charge in [0, 0.05) is 18.4 Å². The normalized spacial score (nSPS) is 12.2. The van der Waals surface area contributed by atoms with E-state index in [1.165, 1.54) is 0 Å². The Hall–Kier alpha value is -2.34. The van der Waals surface area contributed by atoms with Gasteiger partial charge in [-0.2, -0.15) is 0 Å². The number of aliphatic hydroxyl groups is 1. The molecule has 1 aromatic carbocycles. The van der Waals surface area contributed by atoms with Gasteiger partial charge in [0.15, 0.2) is 11.6 Å². The van der Waals surface area contributed by atoms with E-state index in [-0.39, 0.29) is 24.3 Å². The monoisotopic (exact) mass is 336 g/mol. The van der Waals surface area contributed by atoms with E-state index in [1.807, 2.05) is 0 Å². The first-order valence-corrected chi connectivity index (χ1v) is 7.66. The predicted molar refractivity (Wildman–Crippen MR) is 89.8 cm³/mol. The molecule has 1 unspecified atom stereocenters. The molecule has 1 aromatic rings. The molecule has 24 heavy (non-hydrogen) atoms. The molecule has 0 amide bonds. The molecular formula is C18H24O6. The molecule has 0 aliphatic heterocycles. The van der Waals surface area contributed by atoms with Crippen LogP contribution in [0.4, 0.5) is 0 Å². The van der Waals surface area contributed by atoms with E-state index in [1.54, 1.807) is 20.8 Å². The number of aromatic hydroxyl groups is 3. The van der Waals surface area contributed by atoms with Gasteiger partial charge in [-0.15, -0.1) is 0 Å².